The monoisotopic (exact) mass is 1970 g/mol. The zero-order valence-electron chi connectivity index (χ0n) is 73.1. The second kappa shape index (κ2) is 66.2. The lowest BCUT2D eigenvalue weighted by atomic mass is 10.1. The number of amides is 8. The predicted molar refractivity (Wildman–Crippen MR) is 487 cm³/mol. The summed E-state index contributed by atoms with van der Waals surface area (Å²) in [5, 5.41) is 13.6. The van der Waals surface area contributed by atoms with E-state index in [1.54, 1.807) is 62.3 Å². The van der Waals surface area contributed by atoms with Crippen molar-refractivity contribution in [3.05, 3.63) is 106 Å². The van der Waals surface area contributed by atoms with Crippen LogP contribution in [0.2, 0.25) is 0 Å². The molecule has 0 saturated carbocycles. The topological polar surface area (TPSA) is 478 Å². The lowest BCUT2D eigenvalue weighted by Crippen LogP contribution is -3.00. The molecule has 2 saturated heterocycles. The Morgan fingerprint density at radius 1 is 0.575 bits per heavy atom. The molecule has 8 amide bonds. The van der Waals surface area contributed by atoms with Crippen LogP contribution in [0.5, 0.6) is 57.5 Å². The summed E-state index contributed by atoms with van der Waals surface area (Å²) in [4.78, 5) is 113. The van der Waals surface area contributed by atoms with Crippen molar-refractivity contribution in [3.63, 3.8) is 0 Å². The highest BCUT2D eigenvalue weighted by Crippen LogP contribution is 2.38. The highest BCUT2D eigenvalue weighted by molar-refractivity contribution is 8.14. The lowest BCUT2D eigenvalue weighted by molar-refractivity contribution is -0.422. The minimum absolute atomic E-state index is 0. The molecule has 3 aliphatic heterocycles. The van der Waals surface area contributed by atoms with Crippen molar-refractivity contribution in [1.82, 2.24) is 30.2 Å². The molecule has 1 unspecified atom stereocenters. The molecule has 4 aromatic rings. The van der Waals surface area contributed by atoms with Gasteiger partial charge in [0.1, 0.15) is 34.5 Å². The first kappa shape index (κ1) is 122. The van der Waals surface area contributed by atoms with Crippen molar-refractivity contribution >= 4 is 151 Å². The number of amidine groups is 3. The lowest BCUT2D eigenvalue weighted by Gasteiger charge is -2.18. The number of carbonyl (C=O) groups is 8. The number of ether oxygens (including phenoxy) is 10. The highest BCUT2D eigenvalue weighted by Gasteiger charge is 2.38. The molecule has 3 aliphatic rings. The smallest absolute Gasteiger partial charge is 0.415 e. The summed E-state index contributed by atoms with van der Waals surface area (Å²) in [5.41, 5.74) is 18.0. The zero-order chi connectivity index (χ0) is 90.9. The molecule has 0 radical (unpaired) electrons. The van der Waals surface area contributed by atoms with Crippen molar-refractivity contribution in [2.45, 2.75) is 108 Å². The first-order valence-corrected chi connectivity index (χ1v) is 45.3. The van der Waals surface area contributed by atoms with Crippen LogP contribution in [0.4, 0.5) is 9.59 Å². The number of halogens is 4. The number of methoxy groups -OCH3 is 8. The molecular weight excluding hydrogens is 1850 g/mol. The Morgan fingerprint density at radius 2 is 0.969 bits per heavy atom. The molecular formula is C82H124Cl4N13O22S6-. The van der Waals surface area contributed by atoms with E-state index in [9.17, 15) is 55.2 Å². The van der Waals surface area contributed by atoms with E-state index in [1.165, 1.54) is 158 Å². The molecule has 0 aliphatic carbocycles. The van der Waals surface area contributed by atoms with Gasteiger partial charge in [0.15, 0.2) is 42.7 Å². The van der Waals surface area contributed by atoms with E-state index in [-0.39, 0.29) is 162 Å². The Kier molecular flexibility index (Phi) is 63.6. The van der Waals surface area contributed by atoms with Crippen LogP contribution in [-0.2, 0) is 59.9 Å². The summed E-state index contributed by atoms with van der Waals surface area (Å²) in [6.45, 7) is 0.736. The Bertz CT molecular complexity index is 4500. The third kappa shape index (κ3) is 45.6. The SMILES string of the molecule is C.CN=C(N)CCCS.COc1cc(OC)c(/C=C/S(=O)(=O)Cc2ccc(OC)c(OC(=O)N(C)CCNC(=O)CCCN3C(=O)C=CC3=O)c2)c(OC)c1.C[NH+]=C(N)CCCS.C[NH+]=C(N)CCCSC1CC(=O)N(CCCC(=O)NCCN(C)C(=O)Oc2cc(CS(=O)(=O)/C=C/c3c(OC)cc(OC)cc3OC)ccc2OC)C1=O.[Cl-].[Cl-].[Cl-].[Cl-].[NH2+]=C1CCCS1. The Morgan fingerprint density at radius 3 is 1.31 bits per heavy atom. The van der Waals surface area contributed by atoms with Crippen LogP contribution in [0.1, 0.15) is 113 Å². The van der Waals surface area contributed by atoms with Gasteiger partial charge in [-0.3, -0.25) is 70.4 Å². The number of nitrogens with zero attached hydrogens (tertiary/aromatic N) is 5. The molecule has 35 nitrogen and oxygen atoms in total. The number of nitrogens with two attached hydrogens (primary N) is 4. The van der Waals surface area contributed by atoms with Gasteiger partial charge < -0.3 is 123 Å². The summed E-state index contributed by atoms with van der Waals surface area (Å²) in [7, 11) is 12.1. The van der Waals surface area contributed by atoms with E-state index in [4.69, 9.17) is 70.0 Å². The fraction of sp³-hybridized carbons (Fsp3) is 0.488. The summed E-state index contributed by atoms with van der Waals surface area (Å²) < 4.78 is 106. The largest absolute Gasteiger partial charge is 1.00 e. The van der Waals surface area contributed by atoms with E-state index in [2.05, 4.69) is 50.9 Å². The first-order valence-electron chi connectivity index (χ1n) is 38.6. The van der Waals surface area contributed by atoms with Crippen molar-refractivity contribution < 1.29 is 168 Å². The minimum Gasteiger partial charge on any atom is -1.00 e. The van der Waals surface area contributed by atoms with E-state index in [0.29, 0.717) is 87.6 Å². The second-order valence-corrected chi connectivity index (χ2v) is 33.8. The third-order valence-electron chi connectivity index (χ3n) is 17.7. The normalized spacial score (nSPS) is 13.4. The van der Waals surface area contributed by atoms with Gasteiger partial charge in [-0.1, -0.05) is 31.3 Å². The zero-order valence-corrected chi connectivity index (χ0v) is 81.1. The van der Waals surface area contributed by atoms with Crippen molar-refractivity contribution in [1.29, 1.82) is 0 Å². The van der Waals surface area contributed by atoms with Crippen molar-refractivity contribution in [2.24, 2.45) is 22.2 Å². The average molecular weight is 1980 g/mol. The number of hydrogen-bond acceptors (Lipinski definition) is 27. The van der Waals surface area contributed by atoms with E-state index in [1.807, 2.05) is 7.05 Å². The Labute approximate surface area is 790 Å². The Balaban J connectivity index is -0.00000189. The molecule has 0 aromatic heterocycles. The molecule has 7 rings (SSSR count). The van der Waals surface area contributed by atoms with Crippen LogP contribution in [0, 0.1) is 0 Å². The van der Waals surface area contributed by atoms with Gasteiger partial charge in [-0.25, -0.2) is 26.4 Å². The molecule has 4 aromatic carbocycles. The number of nitrogens with one attached hydrogen (secondary N) is 4. The maximum Gasteiger partial charge on any atom is 0.415 e. The number of benzene rings is 4. The number of rotatable bonds is 43. The van der Waals surface area contributed by atoms with E-state index in [0.717, 1.165) is 82.5 Å². The molecule has 1 atom stereocenters. The van der Waals surface area contributed by atoms with Gasteiger partial charge in [-0.05, 0) is 103 Å². The van der Waals surface area contributed by atoms with Crippen LogP contribution < -0.4 is 140 Å². The van der Waals surface area contributed by atoms with Gasteiger partial charge in [0.25, 0.3) is 11.8 Å². The molecule has 0 spiro atoms. The molecule has 12 N–H and O–H groups in total. The predicted octanol–water partition coefficient (Wildman–Crippen LogP) is -8.33. The standard InChI is InChI=1S/C36H49N5O11S2.C31H37N3O11S.2C5H12N2S.C4H7NS.CH4.4ClH/c1-38-32(37)9-8-17-53-31-22-34(43)41(35(31)44)15-7-10-33(42)39-14-16-40(2)36(45)52-30-19-24(11-12-27(30)49-4)23-54(46,47)18-13-26-28(50-5)20-25(48-3)21-29(26)51-6;1-33(15-13-32-28(35)7-6-14-34-29(36)10-11-30(34)37)31(38)45-27-17-21(8-9-24(27)42-3)20-46(39,40)16-12-23-25(43-4)18-22(41-2)19-26(23)44-5;2*1-7-5(6)3-2-4-8;5-4-2-1-3-6-4;;;;;/h11-13,18-21,31H,7-10,14-17,22-23H2,1-6H3,(H2,37,38)(H,39,42);8-12,16-19H,6-7,13-15,20H2,1-5H3,(H,32,35);2*8H,2-4H2,1H3,(H2,6,7);5H,1-3H2;1H4;4*1H/p-1/b18-13+;16-12+;;;;;;;;. The summed E-state index contributed by atoms with van der Waals surface area (Å²) >= 11 is 11.3. The molecule has 45 heteroatoms. The number of likely N-dealkylation sites (N-methyl/N-ethyl adjacent to an activating group) is 2. The van der Waals surface area contributed by atoms with Crippen LogP contribution in [0.25, 0.3) is 12.2 Å². The van der Waals surface area contributed by atoms with Crippen LogP contribution >= 0.6 is 48.8 Å². The third-order valence-corrected chi connectivity index (χ3v) is 23.3. The van der Waals surface area contributed by atoms with Gasteiger partial charge in [0.05, 0.1) is 105 Å². The maximum absolute atomic E-state index is 13.1. The number of hydrogen-bond donors (Lipinski definition) is 10. The van der Waals surface area contributed by atoms with Gasteiger partial charge in [-0.15, -0.1) is 11.8 Å². The summed E-state index contributed by atoms with van der Waals surface area (Å²) in [5.74, 6) is 6.10. The second-order valence-electron chi connectivity index (χ2n) is 26.6. The number of thioether (sulfide) groups is 2. The molecule has 0 bridgehead atoms. The van der Waals surface area contributed by atoms with Crippen molar-refractivity contribution in [2.75, 3.05) is 154 Å². The van der Waals surface area contributed by atoms with Gasteiger partial charge in [0, 0.05) is 158 Å². The molecule has 714 valence electrons. The van der Waals surface area contributed by atoms with Gasteiger partial charge in [0.2, 0.25) is 40.3 Å². The number of sulfone groups is 2. The highest BCUT2D eigenvalue weighted by atomic mass is 35.5. The first-order chi connectivity index (χ1) is 58.2. The van der Waals surface area contributed by atoms with E-state index >= 15 is 0 Å². The molecule has 127 heavy (non-hydrogen) atoms. The van der Waals surface area contributed by atoms with Crippen LogP contribution in [-0.4, -0.2) is 266 Å². The fourth-order valence-electron chi connectivity index (χ4n) is 10.9. The van der Waals surface area contributed by atoms with Gasteiger partial charge in [-0.2, -0.15) is 25.3 Å². The average Bonchev–Trinajstić information content (AvgIpc) is 1.72. The quantitative estimate of drug-likeness (QED) is 0.00647. The number of likely N-dealkylation sites (tertiary alicyclic amines) is 1. The van der Waals surface area contributed by atoms with Crippen LogP contribution in [0.3, 0.4) is 0 Å². The summed E-state index contributed by atoms with van der Waals surface area (Å²) in [6, 6.07) is 15.3. The molecule has 2 fully saturated rings. The number of thiol groups is 2. The minimum atomic E-state index is -3.83. The van der Waals surface area contributed by atoms with Crippen LogP contribution in [0.15, 0.2) is 88.6 Å². The number of carbonyl (C=O) groups excluding carboxylic acids is 8. The Hall–Kier alpha value is -9.20. The van der Waals surface area contributed by atoms with Gasteiger partial charge >= 0.3 is 12.2 Å². The number of imide groups is 2. The molecule has 3 heterocycles. The maximum atomic E-state index is 13.1. The number of aliphatic imine (C=N–C) groups is 1. The van der Waals surface area contributed by atoms with E-state index < -0.39 is 60.4 Å². The fourth-order valence-corrected chi connectivity index (χ4v) is 15.3. The van der Waals surface area contributed by atoms with Crippen molar-refractivity contribution in [3.8, 4) is 57.5 Å². The summed E-state index contributed by atoms with van der Waals surface area (Å²) in [6.07, 6.45) is 12.3.